The third kappa shape index (κ3) is 3.06. The molecule has 1 atom stereocenters. The zero-order chi connectivity index (χ0) is 13.1. The molecule has 17 heavy (non-hydrogen) atoms. The highest BCUT2D eigenvalue weighted by molar-refractivity contribution is 5.35. The summed E-state index contributed by atoms with van der Waals surface area (Å²) < 4.78 is 1.65. The minimum absolute atomic E-state index is 0.101. The van der Waals surface area contributed by atoms with E-state index in [0.717, 1.165) is 6.42 Å². The van der Waals surface area contributed by atoms with Crippen LogP contribution in [0.4, 0.5) is 5.82 Å². The fraction of sp³-hybridized carbons (Fsp3) is 0.667. The molecule has 5 heteroatoms. The highest BCUT2D eigenvalue weighted by Crippen LogP contribution is 2.13. The summed E-state index contributed by atoms with van der Waals surface area (Å²) in [6, 6.07) is 0.122. The summed E-state index contributed by atoms with van der Waals surface area (Å²) in [7, 11) is 0. The number of nitrogens with one attached hydrogen (secondary N) is 1. The number of hydrogen-bond donors (Lipinski definition) is 2. The van der Waals surface area contributed by atoms with Crippen LogP contribution in [0.5, 0.6) is 0 Å². The van der Waals surface area contributed by atoms with Crippen molar-refractivity contribution in [1.82, 2.24) is 9.55 Å². The first-order chi connectivity index (χ1) is 7.93. The van der Waals surface area contributed by atoms with E-state index in [0.29, 0.717) is 12.4 Å². The van der Waals surface area contributed by atoms with Crippen LogP contribution >= 0.6 is 0 Å². The highest BCUT2D eigenvalue weighted by Gasteiger charge is 2.22. The summed E-state index contributed by atoms with van der Waals surface area (Å²) in [5.74, 6) is 0.371. The maximum Gasteiger partial charge on any atom is 0.293 e. The molecule has 0 bridgehead atoms. The van der Waals surface area contributed by atoms with Gasteiger partial charge < -0.3 is 15.6 Å². The Morgan fingerprint density at radius 1 is 1.59 bits per heavy atom. The van der Waals surface area contributed by atoms with Crippen LogP contribution in [0.1, 0.15) is 40.2 Å². The molecule has 5 nitrogen and oxygen atoms in total. The summed E-state index contributed by atoms with van der Waals surface area (Å²) in [5.41, 5.74) is 5.32. The van der Waals surface area contributed by atoms with Crippen LogP contribution in [0, 0.1) is 0 Å². The van der Waals surface area contributed by atoms with Crippen molar-refractivity contribution in [2.45, 2.75) is 45.7 Å². The average Bonchev–Trinajstić information content (AvgIpc) is 2.31. The number of aromatic nitrogens is 2. The molecule has 0 spiro atoms. The Balaban J connectivity index is 3.08. The van der Waals surface area contributed by atoms with Crippen molar-refractivity contribution in [3.8, 4) is 0 Å². The van der Waals surface area contributed by atoms with E-state index >= 15 is 0 Å². The zero-order valence-corrected chi connectivity index (χ0v) is 11.0. The number of nitrogens with zero attached hydrogens (tertiary/aromatic N) is 2. The molecule has 0 amide bonds. The summed E-state index contributed by atoms with van der Waals surface area (Å²) in [5, 5.41) is 3.15. The van der Waals surface area contributed by atoms with Gasteiger partial charge in [0, 0.05) is 30.5 Å². The fourth-order valence-electron chi connectivity index (χ4n) is 1.49. The van der Waals surface area contributed by atoms with Gasteiger partial charge in [0.05, 0.1) is 0 Å². The third-order valence-corrected chi connectivity index (χ3v) is 3.08. The predicted molar refractivity (Wildman–Crippen MR) is 70.3 cm³/mol. The summed E-state index contributed by atoms with van der Waals surface area (Å²) in [4.78, 5) is 16.2. The Kier molecular flexibility index (Phi) is 4.28. The number of rotatable bonds is 5. The first kappa shape index (κ1) is 13.7. The SMILES string of the molecule is CCC(C)(CN)Nc1nccn(C(C)C)c1=O. The third-order valence-electron chi connectivity index (χ3n) is 3.08. The van der Waals surface area contributed by atoms with Crippen LogP contribution in [-0.4, -0.2) is 21.6 Å². The normalized spacial score (nSPS) is 14.7. The van der Waals surface area contributed by atoms with Gasteiger partial charge in [-0.25, -0.2) is 4.98 Å². The van der Waals surface area contributed by atoms with Crippen LogP contribution < -0.4 is 16.6 Å². The lowest BCUT2D eigenvalue weighted by molar-refractivity contribution is 0.499. The van der Waals surface area contributed by atoms with Crippen molar-refractivity contribution in [3.63, 3.8) is 0 Å². The second kappa shape index (κ2) is 5.31. The number of anilines is 1. The van der Waals surface area contributed by atoms with Crippen LogP contribution in [-0.2, 0) is 0 Å². The van der Waals surface area contributed by atoms with Crippen molar-refractivity contribution in [2.24, 2.45) is 5.73 Å². The average molecular weight is 238 g/mol. The van der Waals surface area contributed by atoms with Crippen LogP contribution in [0.25, 0.3) is 0 Å². The van der Waals surface area contributed by atoms with E-state index in [1.807, 2.05) is 27.7 Å². The molecule has 0 radical (unpaired) electrons. The quantitative estimate of drug-likeness (QED) is 0.812. The second-order valence-electron chi connectivity index (χ2n) is 4.83. The van der Waals surface area contributed by atoms with Gasteiger partial charge in [-0.05, 0) is 27.2 Å². The van der Waals surface area contributed by atoms with Gasteiger partial charge >= 0.3 is 0 Å². The van der Waals surface area contributed by atoms with Crippen molar-refractivity contribution < 1.29 is 0 Å². The molecule has 0 saturated carbocycles. The molecular formula is C12H22N4O. The molecule has 1 aromatic rings. The van der Waals surface area contributed by atoms with Gasteiger partial charge in [-0.1, -0.05) is 6.92 Å². The summed E-state index contributed by atoms with van der Waals surface area (Å²) in [6.07, 6.45) is 4.17. The predicted octanol–water partition coefficient (Wildman–Crippen LogP) is 1.36. The molecule has 3 N–H and O–H groups in total. The second-order valence-corrected chi connectivity index (χ2v) is 4.83. The van der Waals surface area contributed by atoms with Gasteiger partial charge in [0.2, 0.25) is 0 Å². The van der Waals surface area contributed by atoms with Gasteiger partial charge in [0.25, 0.3) is 5.56 Å². The van der Waals surface area contributed by atoms with E-state index < -0.39 is 0 Å². The lowest BCUT2D eigenvalue weighted by Crippen LogP contribution is -2.44. The number of hydrogen-bond acceptors (Lipinski definition) is 4. The lowest BCUT2D eigenvalue weighted by Gasteiger charge is -2.28. The topological polar surface area (TPSA) is 72.9 Å². The molecule has 96 valence electrons. The van der Waals surface area contributed by atoms with Gasteiger partial charge in [0.15, 0.2) is 5.82 Å². The monoisotopic (exact) mass is 238 g/mol. The molecule has 0 fully saturated rings. The van der Waals surface area contributed by atoms with Crippen LogP contribution in [0.3, 0.4) is 0 Å². The standard InChI is InChI=1S/C12H22N4O/c1-5-12(4,8-13)15-10-11(17)16(9(2)3)7-6-14-10/h6-7,9H,5,8,13H2,1-4H3,(H,14,15). The Hall–Kier alpha value is -1.36. The van der Waals surface area contributed by atoms with Crippen molar-refractivity contribution in [3.05, 3.63) is 22.7 Å². The Morgan fingerprint density at radius 2 is 2.24 bits per heavy atom. The molecule has 1 aromatic heterocycles. The zero-order valence-electron chi connectivity index (χ0n) is 11.0. The van der Waals surface area contributed by atoms with Gasteiger partial charge in [-0.15, -0.1) is 0 Å². The lowest BCUT2D eigenvalue weighted by atomic mass is 9.99. The van der Waals surface area contributed by atoms with Gasteiger partial charge in [0.1, 0.15) is 0 Å². The first-order valence-electron chi connectivity index (χ1n) is 5.99. The molecule has 0 aliphatic heterocycles. The molecule has 1 rings (SSSR count). The van der Waals surface area contributed by atoms with E-state index in [9.17, 15) is 4.79 Å². The Morgan fingerprint density at radius 3 is 2.71 bits per heavy atom. The Labute approximate surface area is 102 Å². The summed E-state index contributed by atoms with van der Waals surface area (Å²) >= 11 is 0. The minimum Gasteiger partial charge on any atom is -0.359 e. The van der Waals surface area contributed by atoms with Crippen LogP contribution in [0.15, 0.2) is 17.2 Å². The largest absolute Gasteiger partial charge is 0.359 e. The molecule has 0 aromatic carbocycles. The van der Waals surface area contributed by atoms with Crippen LogP contribution in [0.2, 0.25) is 0 Å². The molecule has 1 unspecified atom stereocenters. The molecular weight excluding hydrogens is 216 g/mol. The fourth-order valence-corrected chi connectivity index (χ4v) is 1.49. The molecule has 1 heterocycles. The van der Waals surface area contributed by atoms with Crippen molar-refractivity contribution in [1.29, 1.82) is 0 Å². The molecule has 0 aliphatic carbocycles. The first-order valence-corrected chi connectivity index (χ1v) is 5.99. The van der Waals surface area contributed by atoms with Crippen molar-refractivity contribution >= 4 is 5.82 Å². The van der Waals surface area contributed by atoms with E-state index in [2.05, 4.69) is 10.3 Å². The Bertz CT molecular complexity index is 421. The van der Waals surface area contributed by atoms with E-state index in [1.165, 1.54) is 0 Å². The highest BCUT2D eigenvalue weighted by atomic mass is 16.1. The number of nitrogens with two attached hydrogens (primary N) is 1. The maximum atomic E-state index is 12.1. The van der Waals surface area contributed by atoms with E-state index in [4.69, 9.17) is 5.73 Å². The van der Waals surface area contributed by atoms with Gasteiger partial charge in [-0.3, -0.25) is 4.79 Å². The smallest absolute Gasteiger partial charge is 0.293 e. The van der Waals surface area contributed by atoms with Gasteiger partial charge in [-0.2, -0.15) is 0 Å². The summed E-state index contributed by atoms with van der Waals surface area (Å²) in [6.45, 7) is 8.41. The minimum atomic E-state index is -0.289. The molecule has 0 aliphatic rings. The maximum absolute atomic E-state index is 12.1. The van der Waals surface area contributed by atoms with Crippen molar-refractivity contribution in [2.75, 3.05) is 11.9 Å². The van der Waals surface area contributed by atoms with E-state index in [-0.39, 0.29) is 17.1 Å². The molecule has 0 saturated heterocycles. The van der Waals surface area contributed by atoms with E-state index in [1.54, 1.807) is 17.0 Å².